The van der Waals surface area contributed by atoms with Gasteiger partial charge in [0, 0.05) is 11.8 Å². The maximum absolute atomic E-state index is 13.5. The number of rotatable bonds is 2. The highest BCUT2D eigenvalue weighted by molar-refractivity contribution is 6.33. The Morgan fingerprint density at radius 1 is 0.842 bits per heavy atom. The van der Waals surface area contributed by atoms with Crippen molar-refractivity contribution in [3.63, 3.8) is 0 Å². The van der Waals surface area contributed by atoms with Crippen molar-refractivity contribution in [1.29, 1.82) is 0 Å². The van der Waals surface area contributed by atoms with E-state index in [-0.39, 0.29) is 10.7 Å². The van der Waals surface area contributed by atoms with Gasteiger partial charge in [-0.15, -0.1) is 0 Å². The van der Waals surface area contributed by atoms with Crippen LogP contribution in [0.3, 0.4) is 0 Å². The summed E-state index contributed by atoms with van der Waals surface area (Å²) in [5.41, 5.74) is 4.08. The van der Waals surface area contributed by atoms with E-state index in [0.29, 0.717) is 6.07 Å². The standard InChI is InChI=1S/C12H7ClF4N2/c13-7-1-5(14)2-8(15)11(7)19-12-9(16)3-6(18)4-10(12)17/h1-4,19H,18H2. The number of anilines is 3. The summed E-state index contributed by atoms with van der Waals surface area (Å²) in [4.78, 5) is 0. The van der Waals surface area contributed by atoms with E-state index in [1.165, 1.54) is 0 Å². The molecule has 0 saturated heterocycles. The van der Waals surface area contributed by atoms with E-state index < -0.39 is 34.6 Å². The van der Waals surface area contributed by atoms with Gasteiger partial charge < -0.3 is 11.1 Å². The lowest BCUT2D eigenvalue weighted by Crippen LogP contribution is -2.02. The maximum atomic E-state index is 13.5. The lowest BCUT2D eigenvalue weighted by molar-refractivity contribution is 0.582. The Morgan fingerprint density at radius 2 is 1.37 bits per heavy atom. The second-order valence-electron chi connectivity index (χ2n) is 3.73. The average molecular weight is 291 g/mol. The summed E-state index contributed by atoms with van der Waals surface area (Å²) in [6.07, 6.45) is 0. The molecule has 0 spiro atoms. The molecule has 2 nitrogen and oxygen atoms in total. The van der Waals surface area contributed by atoms with Gasteiger partial charge in [-0.05, 0) is 18.2 Å². The zero-order valence-corrected chi connectivity index (χ0v) is 10.0. The third kappa shape index (κ3) is 2.73. The summed E-state index contributed by atoms with van der Waals surface area (Å²) in [6.45, 7) is 0. The molecule has 0 aliphatic carbocycles. The van der Waals surface area contributed by atoms with Crippen molar-refractivity contribution in [1.82, 2.24) is 0 Å². The first-order valence-corrected chi connectivity index (χ1v) is 5.42. The summed E-state index contributed by atoms with van der Waals surface area (Å²) >= 11 is 5.61. The summed E-state index contributed by atoms with van der Waals surface area (Å²) in [5.74, 6) is -4.00. The lowest BCUT2D eigenvalue weighted by atomic mass is 10.2. The van der Waals surface area contributed by atoms with E-state index in [1.54, 1.807) is 0 Å². The van der Waals surface area contributed by atoms with Gasteiger partial charge in [0.25, 0.3) is 0 Å². The van der Waals surface area contributed by atoms with Crippen molar-refractivity contribution >= 4 is 28.7 Å². The first kappa shape index (κ1) is 13.5. The lowest BCUT2D eigenvalue weighted by Gasteiger charge is -2.12. The fraction of sp³-hybridized carbons (Fsp3) is 0. The van der Waals surface area contributed by atoms with Crippen LogP contribution in [0.2, 0.25) is 5.02 Å². The quantitative estimate of drug-likeness (QED) is 0.642. The Kier molecular flexibility index (Phi) is 3.53. The van der Waals surface area contributed by atoms with Crippen molar-refractivity contribution < 1.29 is 17.6 Å². The molecule has 0 radical (unpaired) electrons. The fourth-order valence-electron chi connectivity index (χ4n) is 1.50. The number of nitrogens with two attached hydrogens (primary N) is 1. The molecule has 0 heterocycles. The predicted molar refractivity (Wildman–Crippen MR) is 65.4 cm³/mol. The van der Waals surface area contributed by atoms with Crippen LogP contribution in [0, 0.1) is 23.3 Å². The van der Waals surface area contributed by atoms with Crippen LogP contribution in [-0.2, 0) is 0 Å². The minimum atomic E-state index is -1.07. The largest absolute Gasteiger partial charge is 0.399 e. The number of benzene rings is 2. The van der Waals surface area contributed by atoms with Crippen LogP contribution in [-0.4, -0.2) is 0 Å². The summed E-state index contributed by atoms with van der Waals surface area (Å²) < 4.78 is 53.4. The molecule has 7 heteroatoms. The van der Waals surface area contributed by atoms with Gasteiger partial charge in [0.2, 0.25) is 0 Å². The van der Waals surface area contributed by atoms with Crippen molar-refractivity contribution in [2.24, 2.45) is 0 Å². The molecule has 0 aliphatic heterocycles. The van der Waals surface area contributed by atoms with E-state index in [2.05, 4.69) is 5.32 Å². The zero-order valence-electron chi connectivity index (χ0n) is 9.28. The van der Waals surface area contributed by atoms with Crippen LogP contribution in [0.25, 0.3) is 0 Å². The van der Waals surface area contributed by atoms with Gasteiger partial charge in [0.1, 0.15) is 11.5 Å². The maximum Gasteiger partial charge on any atom is 0.151 e. The van der Waals surface area contributed by atoms with Crippen LogP contribution in [0.5, 0.6) is 0 Å². The summed E-state index contributed by atoms with van der Waals surface area (Å²) in [5, 5.41) is 1.81. The number of hydrogen-bond donors (Lipinski definition) is 2. The molecule has 3 N–H and O–H groups in total. The van der Waals surface area contributed by atoms with E-state index >= 15 is 0 Å². The van der Waals surface area contributed by atoms with Crippen LogP contribution in [0.4, 0.5) is 34.6 Å². The SMILES string of the molecule is Nc1cc(F)c(Nc2c(F)cc(F)cc2Cl)c(F)c1. The molecule has 2 rings (SSSR count). The fourth-order valence-corrected chi connectivity index (χ4v) is 1.74. The Hall–Kier alpha value is -1.95. The third-order valence-electron chi connectivity index (χ3n) is 2.32. The van der Waals surface area contributed by atoms with Crippen LogP contribution < -0.4 is 11.1 Å². The highest BCUT2D eigenvalue weighted by Crippen LogP contribution is 2.32. The Balaban J connectivity index is 2.48. The van der Waals surface area contributed by atoms with Crippen molar-refractivity contribution in [2.75, 3.05) is 11.1 Å². The van der Waals surface area contributed by atoms with Gasteiger partial charge in [-0.2, -0.15) is 0 Å². The molecule has 0 bridgehead atoms. The van der Waals surface area contributed by atoms with E-state index in [4.69, 9.17) is 17.3 Å². The van der Waals surface area contributed by atoms with Crippen LogP contribution in [0.15, 0.2) is 24.3 Å². The molecule has 0 amide bonds. The summed E-state index contributed by atoms with van der Waals surface area (Å²) in [6, 6.07) is 3.09. The van der Waals surface area contributed by atoms with E-state index in [9.17, 15) is 17.6 Å². The van der Waals surface area contributed by atoms with Crippen LogP contribution >= 0.6 is 11.6 Å². The molecule has 2 aromatic rings. The number of halogens is 5. The first-order valence-electron chi connectivity index (χ1n) is 5.04. The minimum absolute atomic E-state index is 0.119. The molecule has 0 unspecified atom stereocenters. The second-order valence-corrected chi connectivity index (χ2v) is 4.14. The van der Waals surface area contributed by atoms with Crippen LogP contribution in [0.1, 0.15) is 0 Å². The first-order chi connectivity index (χ1) is 8.88. The molecule has 100 valence electrons. The Morgan fingerprint density at radius 3 is 1.89 bits per heavy atom. The molecule has 0 atom stereocenters. The van der Waals surface area contributed by atoms with Gasteiger partial charge in [0.15, 0.2) is 17.5 Å². The molecular weight excluding hydrogens is 284 g/mol. The minimum Gasteiger partial charge on any atom is -0.399 e. The number of hydrogen-bond acceptors (Lipinski definition) is 2. The molecule has 0 aliphatic rings. The highest BCUT2D eigenvalue weighted by atomic mass is 35.5. The Bertz CT molecular complexity index is 544. The molecule has 2 aromatic carbocycles. The van der Waals surface area contributed by atoms with E-state index in [1.807, 2.05) is 0 Å². The molecule has 0 saturated carbocycles. The smallest absolute Gasteiger partial charge is 0.151 e. The van der Waals surface area contributed by atoms with Crippen molar-refractivity contribution in [3.05, 3.63) is 52.6 Å². The third-order valence-corrected chi connectivity index (χ3v) is 2.62. The molecule has 0 aromatic heterocycles. The second kappa shape index (κ2) is 4.97. The van der Waals surface area contributed by atoms with E-state index in [0.717, 1.165) is 18.2 Å². The van der Waals surface area contributed by atoms with Crippen molar-refractivity contribution in [3.8, 4) is 0 Å². The van der Waals surface area contributed by atoms with Gasteiger partial charge in [-0.1, -0.05) is 11.6 Å². The zero-order chi connectivity index (χ0) is 14.2. The van der Waals surface area contributed by atoms with Gasteiger partial charge in [-0.3, -0.25) is 0 Å². The van der Waals surface area contributed by atoms with Crippen molar-refractivity contribution in [2.45, 2.75) is 0 Å². The molecule has 19 heavy (non-hydrogen) atoms. The monoisotopic (exact) mass is 290 g/mol. The number of nitrogen functional groups attached to an aromatic ring is 1. The molecule has 0 fully saturated rings. The number of nitrogens with one attached hydrogen (secondary N) is 1. The van der Waals surface area contributed by atoms with Gasteiger partial charge in [-0.25, -0.2) is 17.6 Å². The predicted octanol–water partition coefficient (Wildman–Crippen LogP) is 4.22. The topological polar surface area (TPSA) is 38.0 Å². The normalized spacial score (nSPS) is 10.6. The van der Waals surface area contributed by atoms with Gasteiger partial charge >= 0.3 is 0 Å². The summed E-state index contributed by atoms with van der Waals surface area (Å²) in [7, 11) is 0. The Labute approximate surface area is 110 Å². The molecular formula is C12H7ClF4N2. The highest BCUT2D eigenvalue weighted by Gasteiger charge is 2.15. The average Bonchev–Trinajstić information content (AvgIpc) is 2.25. The van der Waals surface area contributed by atoms with Gasteiger partial charge in [0.05, 0.1) is 10.7 Å².